The summed E-state index contributed by atoms with van der Waals surface area (Å²) in [6.07, 6.45) is 1.69. The molecule has 2 aromatic rings. The first-order valence-corrected chi connectivity index (χ1v) is 9.08. The maximum Gasteiger partial charge on any atom is 0.265 e. The Kier molecular flexibility index (Phi) is 3.56. The van der Waals surface area contributed by atoms with Crippen LogP contribution in [-0.4, -0.2) is 38.8 Å². The van der Waals surface area contributed by atoms with Crippen LogP contribution in [-0.2, 0) is 6.42 Å². The van der Waals surface area contributed by atoms with Crippen molar-refractivity contribution in [2.24, 2.45) is 5.92 Å². The summed E-state index contributed by atoms with van der Waals surface area (Å²) < 4.78 is 0. The van der Waals surface area contributed by atoms with Gasteiger partial charge in [0.2, 0.25) is 0 Å². The molecule has 0 bridgehead atoms. The lowest BCUT2D eigenvalue weighted by Crippen LogP contribution is -2.29. The number of rotatable bonds is 1. The summed E-state index contributed by atoms with van der Waals surface area (Å²) in [6.45, 7) is 7.01. The first-order chi connectivity index (χ1) is 11.4. The van der Waals surface area contributed by atoms with E-state index in [0.717, 1.165) is 46.2 Å². The molecule has 0 radical (unpaired) electrons. The third kappa shape index (κ3) is 2.38. The number of carbonyl (C=O) groups is 1. The van der Waals surface area contributed by atoms with Crippen LogP contribution < -0.4 is 5.56 Å². The second-order valence-corrected chi connectivity index (χ2v) is 7.98. The molecule has 1 amide bonds. The van der Waals surface area contributed by atoms with Crippen molar-refractivity contribution in [3.8, 4) is 0 Å². The summed E-state index contributed by atoms with van der Waals surface area (Å²) in [5.74, 6) is 1.28. The Labute approximate surface area is 144 Å². The van der Waals surface area contributed by atoms with E-state index in [1.165, 1.54) is 11.3 Å². The molecule has 0 spiro atoms. The molecule has 0 saturated carbocycles. The number of amides is 1. The Morgan fingerprint density at radius 3 is 2.75 bits per heavy atom. The summed E-state index contributed by atoms with van der Waals surface area (Å²) >= 11 is 1.46. The average Bonchev–Trinajstić information content (AvgIpc) is 3.09. The first-order valence-electron chi connectivity index (χ1n) is 8.27. The zero-order valence-electron chi connectivity index (χ0n) is 14.0. The van der Waals surface area contributed by atoms with Gasteiger partial charge in [0.15, 0.2) is 0 Å². The van der Waals surface area contributed by atoms with Gasteiger partial charge in [0.05, 0.1) is 16.4 Å². The average molecular weight is 344 g/mol. The summed E-state index contributed by atoms with van der Waals surface area (Å²) in [4.78, 5) is 39.5. The minimum atomic E-state index is -0.0188. The van der Waals surface area contributed by atoms with E-state index in [0.29, 0.717) is 18.3 Å². The van der Waals surface area contributed by atoms with Crippen LogP contribution in [0, 0.1) is 26.7 Å². The maximum absolute atomic E-state index is 12.9. The van der Waals surface area contributed by atoms with E-state index in [9.17, 15) is 9.59 Å². The van der Waals surface area contributed by atoms with Crippen LogP contribution in [0.5, 0.6) is 0 Å². The van der Waals surface area contributed by atoms with Crippen molar-refractivity contribution in [1.82, 2.24) is 19.9 Å². The van der Waals surface area contributed by atoms with Crippen LogP contribution in [0.1, 0.15) is 49.8 Å². The number of aryl methyl sites for hydroxylation is 3. The van der Waals surface area contributed by atoms with Crippen molar-refractivity contribution in [3.63, 3.8) is 0 Å². The van der Waals surface area contributed by atoms with E-state index >= 15 is 0 Å². The number of H-pyrrole nitrogens is 1. The topological polar surface area (TPSA) is 79.0 Å². The number of nitrogens with zero attached hydrogens (tertiary/aromatic N) is 3. The highest BCUT2D eigenvalue weighted by molar-refractivity contribution is 7.13. The molecule has 1 fully saturated rings. The lowest BCUT2D eigenvalue weighted by molar-refractivity contribution is 0.0789. The highest BCUT2D eigenvalue weighted by atomic mass is 32.1. The van der Waals surface area contributed by atoms with Gasteiger partial charge in [-0.3, -0.25) is 9.59 Å². The molecule has 4 rings (SSSR count). The van der Waals surface area contributed by atoms with Gasteiger partial charge in [-0.05, 0) is 39.5 Å². The number of aromatic amines is 1. The molecule has 2 aliphatic rings. The standard InChI is InChI=1S/C17H20N4O2S/c1-8-15(24-10(3)18-8)17(23)21-6-11-4-5-12-14(13(11)7-21)19-9(2)20-16(12)22/h11,13H,4-7H2,1-3H3,(H,19,20,22)/t11-,13+/m1/s1. The second-order valence-electron chi connectivity index (χ2n) is 6.78. The molecule has 2 aromatic heterocycles. The third-order valence-corrected chi connectivity index (χ3v) is 6.17. The normalized spacial score (nSPS) is 22.4. The Bertz CT molecular complexity index is 885. The second kappa shape index (κ2) is 5.51. The quantitative estimate of drug-likeness (QED) is 0.858. The van der Waals surface area contributed by atoms with Gasteiger partial charge in [0, 0.05) is 24.6 Å². The predicted molar refractivity (Wildman–Crippen MR) is 91.6 cm³/mol. The van der Waals surface area contributed by atoms with Crippen LogP contribution >= 0.6 is 11.3 Å². The molecular weight excluding hydrogens is 324 g/mol. The maximum atomic E-state index is 12.9. The van der Waals surface area contributed by atoms with Crippen LogP contribution in [0.4, 0.5) is 0 Å². The lowest BCUT2D eigenvalue weighted by atomic mass is 9.80. The van der Waals surface area contributed by atoms with E-state index in [2.05, 4.69) is 15.0 Å². The lowest BCUT2D eigenvalue weighted by Gasteiger charge is -2.25. The van der Waals surface area contributed by atoms with Gasteiger partial charge in [-0.2, -0.15) is 0 Å². The Morgan fingerprint density at radius 1 is 1.25 bits per heavy atom. The number of hydrogen-bond donors (Lipinski definition) is 1. The molecule has 1 aliphatic heterocycles. The minimum absolute atomic E-state index is 0.0188. The molecule has 24 heavy (non-hydrogen) atoms. The molecule has 126 valence electrons. The van der Waals surface area contributed by atoms with Crippen LogP contribution in [0.2, 0.25) is 0 Å². The molecule has 7 heteroatoms. The van der Waals surface area contributed by atoms with Crippen molar-refractivity contribution in [1.29, 1.82) is 0 Å². The van der Waals surface area contributed by atoms with Gasteiger partial charge in [-0.15, -0.1) is 11.3 Å². The van der Waals surface area contributed by atoms with Gasteiger partial charge in [-0.1, -0.05) is 0 Å². The molecular formula is C17H20N4O2S. The molecule has 1 saturated heterocycles. The number of aromatic nitrogens is 3. The number of thiazole rings is 1. The molecule has 2 atom stereocenters. The highest BCUT2D eigenvalue weighted by Gasteiger charge is 2.41. The van der Waals surface area contributed by atoms with Crippen LogP contribution in [0.25, 0.3) is 0 Å². The predicted octanol–water partition coefficient (Wildman–Crippen LogP) is 1.95. The van der Waals surface area contributed by atoms with Crippen LogP contribution in [0.15, 0.2) is 4.79 Å². The number of fused-ring (bicyclic) bond motifs is 3. The summed E-state index contributed by atoms with van der Waals surface area (Å²) in [5, 5.41) is 0.918. The van der Waals surface area contributed by atoms with Crippen molar-refractivity contribution in [3.05, 3.63) is 43.0 Å². The first kappa shape index (κ1) is 15.5. The highest BCUT2D eigenvalue weighted by Crippen LogP contribution is 2.40. The van der Waals surface area contributed by atoms with Gasteiger partial charge in [-0.25, -0.2) is 9.97 Å². The molecule has 1 aliphatic carbocycles. The summed E-state index contributed by atoms with van der Waals surface area (Å²) in [5.41, 5.74) is 2.50. The van der Waals surface area contributed by atoms with Crippen molar-refractivity contribution in [2.45, 2.75) is 39.5 Å². The Balaban J connectivity index is 1.65. The van der Waals surface area contributed by atoms with E-state index < -0.39 is 0 Å². The van der Waals surface area contributed by atoms with Gasteiger partial charge < -0.3 is 9.88 Å². The fraction of sp³-hybridized carbons (Fsp3) is 0.529. The van der Waals surface area contributed by atoms with E-state index in [1.807, 2.05) is 25.7 Å². The number of hydrogen-bond acceptors (Lipinski definition) is 5. The molecule has 1 N–H and O–H groups in total. The largest absolute Gasteiger partial charge is 0.337 e. The Morgan fingerprint density at radius 2 is 2.04 bits per heavy atom. The number of carbonyl (C=O) groups excluding carboxylic acids is 1. The zero-order valence-corrected chi connectivity index (χ0v) is 14.9. The third-order valence-electron chi connectivity index (χ3n) is 5.11. The fourth-order valence-corrected chi connectivity index (χ4v) is 4.91. The SMILES string of the molecule is Cc1nc2c(c(=O)[nH]1)CC[C@@H]1CN(C(=O)c3sc(C)nc3C)C[C@H]21. The summed E-state index contributed by atoms with van der Waals surface area (Å²) in [7, 11) is 0. The van der Waals surface area contributed by atoms with Gasteiger partial charge in [0.25, 0.3) is 11.5 Å². The van der Waals surface area contributed by atoms with Gasteiger partial charge in [0.1, 0.15) is 10.7 Å². The zero-order chi connectivity index (χ0) is 17.0. The number of nitrogens with one attached hydrogen (secondary N) is 1. The minimum Gasteiger partial charge on any atom is -0.337 e. The summed E-state index contributed by atoms with van der Waals surface area (Å²) in [6, 6.07) is 0. The van der Waals surface area contributed by atoms with E-state index in [1.54, 1.807) is 0 Å². The van der Waals surface area contributed by atoms with Crippen LogP contribution in [0.3, 0.4) is 0 Å². The van der Waals surface area contributed by atoms with Crippen molar-refractivity contribution < 1.29 is 4.79 Å². The fourth-order valence-electron chi connectivity index (χ4n) is 4.02. The van der Waals surface area contributed by atoms with Crippen molar-refractivity contribution >= 4 is 17.2 Å². The molecule has 6 nitrogen and oxygen atoms in total. The van der Waals surface area contributed by atoms with Crippen molar-refractivity contribution in [2.75, 3.05) is 13.1 Å². The smallest absolute Gasteiger partial charge is 0.265 e. The molecule has 0 unspecified atom stereocenters. The van der Waals surface area contributed by atoms with E-state index in [4.69, 9.17) is 0 Å². The Hall–Kier alpha value is -2.02. The monoisotopic (exact) mass is 344 g/mol. The number of likely N-dealkylation sites (tertiary alicyclic amines) is 1. The molecule has 0 aromatic carbocycles. The molecule has 3 heterocycles. The van der Waals surface area contributed by atoms with E-state index in [-0.39, 0.29) is 17.4 Å². The van der Waals surface area contributed by atoms with Gasteiger partial charge >= 0.3 is 0 Å².